The first-order chi connectivity index (χ1) is 10.7. The monoisotopic (exact) mass is 300 g/mol. The molecular weight excluding hydrogens is 280 g/mol. The predicted molar refractivity (Wildman–Crippen MR) is 84.2 cm³/mol. The van der Waals surface area contributed by atoms with E-state index in [-0.39, 0.29) is 11.9 Å². The van der Waals surface area contributed by atoms with Crippen LogP contribution in [0.4, 0.5) is 5.69 Å². The highest BCUT2D eigenvalue weighted by Crippen LogP contribution is 2.20. The van der Waals surface area contributed by atoms with Gasteiger partial charge >= 0.3 is 0 Å². The third-order valence-corrected chi connectivity index (χ3v) is 3.58. The Morgan fingerprint density at radius 2 is 2.32 bits per heavy atom. The second-order valence-electron chi connectivity index (χ2n) is 5.40. The van der Waals surface area contributed by atoms with E-state index < -0.39 is 0 Å². The van der Waals surface area contributed by atoms with Crippen molar-refractivity contribution in [3.05, 3.63) is 42.2 Å². The number of anilines is 1. The van der Waals surface area contributed by atoms with E-state index in [4.69, 9.17) is 4.74 Å². The first kappa shape index (κ1) is 14.7. The summed E-state index contributed by atoms with van der Waals surface area (Å²) in [5, 5.41) is 10.6. The van der Waals surface area contributed by atoms with Crippen LogP contribution < -0.4 is 10.6 Å². The van der Waals surface area contributed by atoms with Crippen molar-refractivity contribution in [3.63, 3.8) is 0 Å². The molecule has 116 valence electrons. The summed E-state index contributed by atoms with van der Waals surface area (Å²) in [5.74, 6) is -0.0284. The third-order valence-electron chi connectivity index (χ3n) is 3.58. The lowest BCUT2D eigenvalue weighted by atomic mass is 10.2. The van der Waals surface area contributed by atoms with Crippen molar-refractivity contribution < 1.29 is 9.53 Å². The van der Waals surface area contributed by atoms with Gasteiger partial charge in [-0.15, -0.1) is 0 Å². The number of para-hydroxylation sites is 2. The number of benzene rings is 1. The molecule has 1 amide bonds. The molecule has 2 heterocycles. The molecule has 0 bridgehead atoms. The summed E-state index contributed by atoms with van der Waals surface area (Å²) in [6.45, 7) is 4.01. The van der Waals surface area contributed by atoms with Crippen molar-refractivity contribution in [2.24, 2.45) is 0 Å². The van der Waals surface area contributed by atoms with Gasteiger partial charge < -0.3 is 15.4 Å². The van der Waals surface area contributed by atoms with Gasteiger partial charge in [-0.1, -0.05) is 12.1 Å². The average Bonchev–Trinajstić information content (AvgIpc) is 2.95. The number of amides is 1. The van der Waals surface area contributed by atoms with E-state index in [1.165, 1.54) is 0 Å². The zero-order valence-electron chi connectivity index (χ0n) is 12.6. The molecule has 1 aromatic carbocycles. The number of morpholine rings is 1. The molecule has 1 unspecified atom stereocenters. The summed E-state index contributed by atoms with van der Waals surface area (Å²) in [6.07, 6.45) is 2.28. The number of carbonyl (C=O) groups excluding carboxylic acids is 1. The van der Waals surface area contributed by atoms with Crippen molar-refractivity contribution in [2.75, 3.05) is 25.1 Å². The maximum atomic E-state index is 12.2. The van der Waals surface area contributed by atoms with Gasteiger partial charge in [0.15, 0.2) is 0 Å². The molecule has 0 radical (unpaired) electrons. The third kappa shape index (κ3) is 3.52. The quantitative estimate of drug-likeness (QED) is 0.898. The first-order valence-corrected chi connectivity index (χ1v) is 7.45. The van der Waals surface area contributed by atoms with E-state index in [2.05, 4.69) is 15.7 Å². The zero-order chi connectivity index (χ0) is 15.4. The molecule has 3 rings (SSSR count). The maximum Gasteiger partial charge on any atom is 0.226 e. The Kier molecular flexibility index (Phi) is 4.50. The standard InChI is InChI=1S/C16H20N4O2/c1-12-6-8-20(19-12)15-5-3-2-4-14(15)18-16(21)10-13-11-22-9-7-17-13/h2-6,8,13,17H,7,9-11H2,1H3,(H,18,21). The van der Waals surface area contributed by atoms with Gasteiger partial charge in [0.25, 0.3) is 0 Å². The van der Waals surface area contributed by atoms with E-state index >= 15 is 0 Å². The Balaban J connectivity index is 1.70. The minimum absolute atomic E-state index is 0.0284. The number of rotatable bonds is 4. The van der Waals surface area contributed by atoms with E-state index in [1.54, 1.807) is 4.68 Å². The molecule has 1 saturated heterocycles. The van der Waals surface area contributed by atoms with Gasteiger partial charge in [0.2, 0.25) is 5.91 Å². The van der Waals surface area contributed by atoms with Crippen LogP contribution in [0, 0.1) is 6.92 Å². The first-order valence-electron chi connectivity index (χ1n) is 7.45. The molecule has 1 aromatic heterocycles. The van der Waals surface area contributed by atoms with Gasteiger partial charge in [0.1, 0.15) is 0 Å². The Morgan fingerprint density at radius 1 is 1.45 bits per heavy atom. The summed E-state index contributed by atoms with van der Waals surface area (Å²) < 4.78 is 7.14. The molecule has 6 heteroatoms. The average molecular weight is 300 g/mol. The summed E-state index contributed by atoms with van der Waals surface area (Å²) in [7, 11) is 0. The Labute approximate surface area is 129 Å². The van der Waals surface area contributed by atoms with Crippen LogP contribution in [0.1, 0.15) is 12.1 Å². The van der Waals surface area contributed by atoms with Crippen molar-refractivity contribution in [3.8, 4) is 5.69 Å². The molecule has 1 atom stereocenters. The minimum Gasteiger partial charge on any atom is -0.378 e. The van der Waals surface area contributed by atoms with E-state index in [1.807, 2.05) is 43.5 Å². The molecule has 0 aliphatic carbocycles. The second kappa shape index (κ2) is 6.72. The molecule has 0 saturated carbocycles. The summed E-state index contributed by atoms with van der Waals surface area (Å²) in [4.78, 5) is 12.2. The summed E-state index contributed by atoms with van der Waals surface area (Å²) in [5.41, 5.74) is 2.55. The fourth-order valence-electron chi connectivity index (χ4n) is 2.50. The topological polar surface area (TPSA) is 68.2 Å². The van der Waals surface area contributed by atoms with Crippen molar-refractivity contribution in [2.45, 2.75) is 19.4 Å². The molecule has 22 heavy (non-hydrogen) atoms. The van der Waals surface area contributed by atoms with Crippen LogP contribution in [0.2, 0.25) is 0 Å². The minimum atomic E-state index is -0.0284. The number of hydrogen-bond donors (Lipinski definition) is 2. The van der Waals surface area contributed by atoms with Crippen molar-refractivity contribution >= 4 is 11.6 Å². The number of nitrogens with one attached hydrogen (secondary N) is 2. The fourth-order valence-corrected chi connectivity index (χ4v) is 2.50. The molecular formula is C16H20N4O2. The molecule has 1 fully saturated rings. The number of aromatic nitrogens is 2. The number of ether oxygens (including phenoxy) is 1. The molecule has 2 aromatic rings. The SMILES string of the molecule is Cc1ccn(-c2ccccc2NC(=O)CC2COCCN2)n1. The van der Waals surface area contributed by atoms with Crippen LogP contribution in [0.15, 0.2) is 36.5 Å². The summed E-state index contributed by atoms with van der Waals surface area (Å²) in [6, 6.07) is 9.66. The van der Waals surface area contributed by atoms with Crippen molar-refractivity contribution in [1.82, 2.24) is 15.1 Å². The molecule has 6 nitrogen and oxygen atoms in total. The van der Waals surface area contributed by atoms with Crippen LogP contribution in [-0.4, -0.2) is 41.5 Å². The summed E-state index contributed by atoms with van der Waals surface area (Å²) >= 11 is 0. The zero-order valence-corrected chi connectivity index (χ0v) is 12.6. The highest BCUT2D eigenvalue weighted by atomic mass is 16.5. The van der Waals surface area contributed by atoms with Gasteiger partial charge in [-0.25, -0.2) is 4.68 Å². The molecule has 1 aliphatic rings. The maximum absolute atomic E-state index is 12.2. The van der Waals surface area contributed by atoms with Gasteiger partial charge in [-0.05, 0) is 25.1 Å². The number of nitrogens with zero attached hydrogens (tertiary/aromatic N) is 2. The smallest absolute Gasteiger partial charge is 0.226 e. The van der Waals surface area contributed by atoms with Gasteiger partial charge in [-0.2, -0.15) is 5.10 Å². The lowest BCUT2D eigenvalue weighted by Gasteiger charge is -2.23. The van der Waals surface area contributed by atoms with Crippen molar-refractivity contribution in [1.29, 1.82) is 0 Å². The molecule has 0 spiro atoms. The second-order valence-corrected chi connectivity index (χ2v) is 5.40. The lowest BCUT2D eigenvalue weighted by molar-refractivity contribution is -0.117. The van der Waals surface area contributed by atoms with Gasteiger partial charge in [0, 0.05) is 25.2 Å². The highest BCUT2D eigenvalue weighted by Gasteiger charge is 2.17. The molecule has 2 N–H and O–H groups in total. The number of aryl methyl sites for hydroxylation is 1. The van der Waals surface area contributed by atoms with Crippen LogP contribution in [0.3, 0.4) is 0 Å². The molecule has 1 aliphatic heterocycles. The highest BCUT2D eigenvalue weighted by molar-refractivity contribution is 5.93. The predicted octanol–water partition coefficient (Wildman–Crippen LogP) is 1.50. The van der Waals surface area contributed by atoms with Crippen LogP contribution in [0.25, 0.3) is 5.69 Å². The Morgan fingerprint density at radius 3 is 3.05 bits per heavy atom. The lowest BCUT2D eigenvalue weighted by Crippen LogP contribution is -2.43. The Bertz CT molecular complexity index is 647. The fraction of sp³-hybridized carbons (Fsp3) is 0.375. The largest absolute Gasteiger partial charge is 0.378 e. The van der Waals surface area contributed by atoms with Crippen LogP contribution in [0.5, 0.6) is 0 Å². The Hall–Kier alpha value is -2.18. The van der Waals surface area contributed by atoms with E-state index in [0.29, 0.717) is 19.6 Å². The number of hydrogen-bond acceptors (Lipinski definition) is 4. The van der Waals surface area contributed by atoms with Crippen LogP contribution in [-0.2, 0) is 9.53 Å². The number of carbonyl (C=O) groups is 1. The normalized spacial score (nSPS) is 18.1. The van der Waals surface area contributed by atoms with Gasteiger partial charge in [-0.3, -0.25) is 4.79 Å². The van der Waals surface area contributed by atoms with E-state index in [9.17, 15) is 4.79 Å². The van der Waals surface area contributed by atoms with E-state index in [0.717, 1.165) is 23.6 Å². The van der Waals surface area contributed by atoms with Crippen LogP contribution >= 0.6 is 0 Å². The van der Waals surface area contributed by atoms with Gasteiger partial charge in [0.05, 0.1) is 30.3 Å².